The lowest BCUT2D eigenvalue weighted by atomic mass is 10.5. The second-order valence-corrected chi connectivity index (χ2v) is 4.22. The Hall–Kier alpha value is -1.06. The Morgan fingerprint density at radius 2 is 2.21 bits per heavy atom. The summed E-state index contributed by atoms with van der Waals surface area (Å²) >= 11 is 0. The number of hydrogen-bond donors (Lipinski definition) is 1. The molecule has 0 radical (unpaired) electrons. The molecule has 0 aliphatic rings. The predicted molar refractivity (Wildman–Crippen MR) is 51.9 cm³/mol. The molecule has 1 N–H and O–H groups in total. The predicted octanol–water partition coefficient (Wildman–Crippen LogP) is -0.508. The van der Waals surface area contributed by atoms with E-state index >= 15 is 0 Å². The van der Waals surface area contributed by atoms with Crippen molar-refractivity contribution < 1.29 is 17.9 Å². The number of rotatable bonds is 6. The number of ether oxygens (including phenoxy) is 1. The average molecular weight is 219 g/mol. The molecule has 0 unspecified atom stereocenters. The summed E-state index contributed by atoms with van der Waals surface area (Å²) in [7, 11) is -3.60. The Kier molecular flexibility index (Phi) is 5.92. The molecule has 5 nitrogen and oxygen atoms in total. The van der Waals surface area contributed by atoms with E-state index in [-0.39, 0.29) is 13.2 Å². The molecule has 0 heterocycles. The minimum Gasteiger partial charge on any atom is -0.465 e. The first-order valence-electron chi connectivity index (χ1n) is 4.08. The van der Waals surface area contributed by atoms with Crippen LogP contribution in [0, 0.1) is 12.3 Å². The van der Waals surface area contributed by atoms with Gasteiger partial charge in [0.2, 0.25) is 10.0 Å². The van der Waals surface area contributed by atoms with E-state index in [1.54, 1.807) is 6.92 Å². The number of nitrogens with one attached hydrogen (secondary N) is 1. The van der Waals surface area contributed by atoms with Crippen molar-refractivity contribution in [2.75, 3.05) is 18.9 Å². The summed E-state index contributed by atoms with van der Waals surface area (Å²) in [5.41, 5.74) is 0. The second kappa shape index (κ2) is 6.40. The quantitative estimate of drug-likeness (QED) is 0.371. The van der Waals surface area contributed by atoms with Crippen LogP contribution in [0.1, 0.15) is 13.3 Å². The second-order valence-electron chi connectivity index (χ2n) is 2.41. The first-order valence-corrected chi connectivity index (χ1v) is 5.73. The highest BCUT2D eigenvalue weighted by molar-refractivity contribution is 7.90. The fraction of sp³-hybridized carbons (Fsp3) is 0.625. The van der Waals surface area contributed by atoms with Crippen LogP contribution >= 0.6 is 0 Å². The van der Waals surface area contributed by atoms with Crippen molar-refractivity contribution in [3.63, 3.8) is 0 Å². The zero-order chi connectivity index (χ0) is 11.0. The smallest absolute Gasteiger partial charge is 0.322 e. The fourth-order valence-corrected chi connectivity index (χ4v) is 1.60. The van der Waals surface area contributed by atoms with Crippen molar-refractivity contribution in [3.05, 3.63) is 0 Å². The molecule has 0 atom stereocenters. The molecular formula is C8H13NO4S. The molecule has 0 amide bonds. The van der Waals surface area contributed by atoms with Gasteiger partial charge in [0.05, 0.1) is 6.61 Å². The van der Waals surface area contributed by atoms with Crippen LogP contribution in [0.25, 0.3) is 0 Å². The van der Waals surface area contributed by atoms with Crippen LogP contribution in [0.2, 0.25) is 0 Å². The topological polar surface area (TPSA) is 72.5 Å². The van der Waals surface area contributed by atoms with Gasteiger partial charge in [0.15, 0.2) is 5.75 Å². The SMILES string of the molecule is C#CCCNS(=O)(=O)CC(=O)OCC. The molecule has 0 saturated heterocycles. The molecule has 0 bridgehead atoms. The maximum absolute atomic E-state index is 11.1. The van der Waals surface area contributed by atoms with Crippen molar-refractivity contribution in [1.29, 1.82) is 0 Å². The number of carbonyl (C=O) groups excluding carboxylic acids is 1. The molecule has 0 aromatic heterocycles. The van der Waals surface area contributed by atoms with E-state index in [0.717, 1.165) is 0 Å². The molecular weight excluding hydrogens is 206 g/mol. The number of sulfonamides is 1. The number of carbonyl (C=O) groups is 1. The van der Waals surface area contributed by atoms with Crippen LogP contribution in [0.5, 0.6) is 0 Å². The maximum atomic E-state index is 11.1. The molecule has 0 spiro atoms. The van der Waals surface area contributed by atoms with Gasteiger partial charge in [-0.25, -0.2) is 13.1 Å². The van der Waals surface area contributed by atoms with Gasteiger partial charge in [-0.3, -0.25) is 4.79 Å². The van der Waals surface area contributed by atoms with E-state index < -0.39 is 21.7 Å². The van der Waals surface area contributed by atoms with Crippen molar-refractivity contribution in [1.82, 2.24) is 4.72 Å². The monoisotopic (exact) mass is 219 g/mol. The highest BCUT2D eigenvalue weighted by Crippen LogP contribution is 1.88. The van der Waals surface area contributed by atoms with E-state index in [0.29, 0.717) is 6.42 Å². The minimum absolute atomic E-state index is 0.137. The number of hydrogen-bond acceptors (Lipinski definition) is 4. The third-order valence-corrected chi connectivity index (χ3v) is 2.46. The van der Waals surface area contributed by atoms with Gasteiger partial charge in [-0.2, -0.15) is 0 Å². The summed E-state index contributed by atoms with van der Waals surface area (Å²) in [5, 5.41) is 0. The van der Waals surface area contributed by atoms with Gasteiger partial charge in [0.1, 0.15) is 0 Å². The zero-order valence-corrected chi connectivity index (χ0v) is 8.76. The van der Waals surface area contributed by atoms with Crippen LogP contribution in [-0.4, -0.2) is 33.3 Å². The minimum atomic E-state index is -3.60. The Morgan fingerprint density at radius 3 is 2.71 bits per heavy atom. The first kappa shape index (κ1) is 12.9. The summed E-state index contributed by atoms with van der Waals surface area (Å²) in [5.74, 6) is 0.851. The van der Waals surface area contributed by atoms with Gasteiger partial charge in [-0.05, 0) is 6.92 Å². The number of esters is 1. The summed E-state index contributed by atoms with van der Waals surface area (Å²) < 4.78 is 28.9. The summed E-state index contributed by atoms with van der Waals surface area (Å²) in [6, 6.07) is 0. The van der Waals surface area contributed by atoms with Gasteiger partial charge < -0.3 is 4.74 Å². The van der Waals surface area contributed by atoms with Crippen LogP contribution in [0.15, 0.2) is 0 Å². The molecule has 0 aliphatic carbocycles. The highest BCUT2D eigenvalue weighted by Gasteiger charge is 2.15. The molecule has 0 rings (SSSR count). The molecule has 0 aromatic carbocycles. The van der Waals surface area contributed by atoms with Crippen molar-refractivity contribution in [2.45, 2.75) is 13.3 Å². The summed E-state index contributed by atoms with van der Waals surface area (Å²) in [4.78, 5) is 10.8. The standard InChI is InChI=1S/C8H13NO4S/c1-3-5-6-9-14(11,12)7-8(10)13-4-2/h1,9H,4-7H2,2H3. The average Bonchev–Trinajstić information content (AvgIpc) is 2.03. The van der Waals surface area contributed by atoms with Gasteiger partial charge in [0, 0.05) is 13.0 Å². The lowest BCUT2D eigenvalue weighted by Gasteiger charge is -2.04. The highest BCUT2D eigenvalue weighted by atomic mass is 32.2. The van der Waals surface area contributed by atoms with Crippen LogP contribution in [-0.2, 0) is 19.6 Å². The number of terminal acetylenes is 1. The summed E-state index contributed by atoms with van der Waals surface area (Å²) in [6.07, 6.45) is 5.22. The normalized spacial score (nSPS) is 10.6. The van der Waals surface area contributed by atoms with E-state index in [2.05, 4.69) is 15.4 Å². The maximum Gasteiger partial charge on any atom is 0.322 e. The Balaban J connectivity index is 3.96. The van der Waals surface area contributed by atoms with Crippen LogP contribution in [0.4, 0.5) is 0 Å². The fourth-order valence-electron chi connectivity index (χ4n) is 0.688. The molecule has 6 heteroatoms. The Labute approximate surface area is 83.9 Å². The Bertz CT molecular complexity index is 315. The largest absolute Gasteiger partial charge is 0.465 e. The third kappa shape index (κ3) is 6.46. The van der Waals surface area contributed by atoms with E-state index in [1.807, 2.05) is 0 Å². The molecule has 0 aromatic rings. The van der Waals surface area contributed by atoms with E-state index in [4.69, 9.17) is 6.42 Å². The van der Waals surface area contributed by atoms with Gasteiger partial charge in [-0.15, -0.1) is 12.3 Å². The van der Waals surface area contributed by atoms with Gasteiger partial charge >= 0.3 is 5.97 Å². The van der Waals surface area contributed by atoms with Gasteiger partial charge in [0.25, 0.3) is 0 Å². The van der Waals surface area contributed by atoms with Crippen LogP contribution < -0.4 is 4.72 Å². The first-order chi connectivity index (χ1) is 6.52. The lowest BCUT2D eigenvalue weighted by molar-refractivity contribution is -0.139. The molecule has 80 valence electrons. The zero-order valence-electron chi connectivity index (χ0n) is 7.95. The summed E-state index contributed by atoms with van der Waals surface area (Å²) in [6.45, 7) is 1.91. The lowest BCUT2D eigenvalue weighted by Crippen LogP contribution is -2.31. The Morgan fingerprint density at radius 1 is 1.57 bits per heavy atom. The van der Waals surface area contributed by atoms with Gasteiger partial charge in [-0.1, -0.05) is 0 Å². The molecule has 0 fully saturated rings. The van der Waals surface area contributed by atoms with Crippen molar-refractivity contribution >= 4 is 16.0 Å². The van der Waals surface area contributed by atoms with Crippen molar-refractivity contribution in [3.8, 4) is 12.3 Å². The van der Waals surface area contributed by atoms with E-state index in [9.17, 15) is 13.2 Å². The molecule has 0 saturated carbocycles. The van der Waals surface area contributed by atoms with Crippen molar-refractivity contribution in [2.24, 2.45) is 0 Å². The molecule has 14 heavy (non-hydrogen) atoms. The molecule has 0 aliphatic heterocycles. The van der Waals surface area contributed by atoms with Crippen LogP contribution in [0.3, 0.4) is 0 Å². The van der Waals surface area contributed by atoms with E-state index in [1.165, 1.54) is 0 Å². The third-order valence-electron chi connectivity index (χ3n) is 1.20.